The van der Waals surface area contributed by atoms with Gasteiger partial charge in [0.15, 0.2) is 6.61 Å². The molecule has 0 aliphatic rings. The van der Waals surface area contributed by atoms with Crippen molar-refractivity contribution < 1.29 is 33.0 Å². The maximum atomic E-state index is 12.8. The minimum Gasteiger partial charge on any atom is -0.482 e. The van der Waals surface area contributed by atoms with Gasteiger partial charge < -0.3 is 23.4 Å². The average Bonchev–Trinajstić information content (AvgIpc) is 2.92. The Kier molecular flexibility index (Phi) is 7.97. The van der Waals surface area contributed by atoms with Crippen LogP contribution in [0.1, 0.15) is 29.3 Å². The van der Waals surface area contributed by atoms with Crippen LogP contribution in [-0.2, 0) is 20.9 Å². The van der Waals surface area contributed by atoms with Crippen molar-refractivity contribution in [3.05, 3.63) is 100 Å². The Labute approximate surface area is 207 Å². The largest absolute Gasteiger partial charge is 0.482 e. The van der Waals surface area contributed by atoms with E-state index in [1.54, 1.807) is 30.3 Å². The predicted molar refractivity (Wildman–Crippen MR) is 131 cm³/mol. The van der Waals surface area contributed by atoms with Crippen LogP contribution in [-0.4, -0.2) is 25.2 Å². The summed E-state index contributed by atoms with van der Waals surface area (Å²) in [4.78, 5) is 36.7. The zero-order chi connectivity index (χ0) is 25.3. The molecule has 4 aromatic rings. The summed E-state index contributed by atoms with van der Waals surface area (Å²) in [5.74, 6) is -0.240. The van der Waals surface area contributed by atoms with E-state index < -0.39 is 11.9 Å². The van der Waals surface area contributed by atoms with Gasteiger partial charge in [-0.25, -0.2) is 9.59 Å². The number of carbonyl (C=O) groups excluding carboxylic acids is 2. The third kappa shape index (κ3) is 6.29. The van der Waals surface area contributed by atoms with Gasteiger partial charge in [0, 0.05) is 6.07 Å². The third-order valence-electron chi connectivity index (χ3n) is 5.07. The Bertz CT molecular complexity index is 1390. The van der Waals surface area contributed by atoms with E-state index in [1.165, 1.54) is 18.4 Å². The predicted octanol–water partition coefficient (Wildman–Crippen LogP) is 5.27. The van der Waals surface area contributed by atoms with Crippen LogP contribution in [0.25, 0.3) is 11.0 Å². The standard InChI is InChI=1S/C28H24O8/c1-2-14-32-28(31)20-8-10-21(11-9-20)36-25-17-34-24-15-22(12-13-23(24)27(25)30)33-18-26(29)35-16-19-6-4-3-5-7-19/h3-13,15,17H,2,14,16,18H2,1H3. The fraction of sp³-hybridized carbons (Fsp3) is 0.179. The highest BCUT2D eigenvalue weighted by atomic mass is 16.6. The molecule has 0 atom stereocenters. The van der Waals surface area contributed by atoms with E-state index in [2.05, 4.69) is 0 Å². The lowest BCUT2D eigenvalue weighted by Crippen LogP contribution is -2.14. The van der Waals surface area contributed by atoms with Gasteiger partial charge in [0.25, 0.3) is 0 Å². The monoisotopic (exact) mass is 488 g/mol. The summed E-state index contributed by atoms with van der Waals surface area (Å²) in [7, 11) is 0. The van der Waals surface area contributed by atoms with E-state index >= 15 is 0 Å². The second-order valence-corrected chi connectivity index (χ2v) is 7.78. The van der Waals surface area contributed by atoms with Crippen molar-refractivity contribution in [2.24, 2.45) is 0 Å². The number of hydrogen-bond donors (Lipinski definition) is 0. The molecule has 4 rings (SSSR count). The van der Waals surface area contributed by atoms with Gasteiger partial charge in [-0.1, -0.05) is 37.3 Å². The van der Waals surface area contributed by atoms with Gasteiger partial charge in [-0.15, -0.1) is 0 Å². The van der Waals surface area contributed by atoms with Crippen LogP contribution < -0.4 is 14.9 Å². The maximum Gasteiger partial charge on any atom is 0.344 e. The number of carbonyl (C=O) groups is 2. The van der Waals surface area contributed by atoms with Crippen LogP contribution in [0.4, 0.5) is 0 Å². The van der Waals surface area contributed by atoms with Gasteiger partial charge in [-0.3, -0.25) is 4.79 Å². The molecule has 8 nitrogen and oxygen atoms in total. The highest BCUT2D eigenvalue weighted by Crippen LogP contribution is 2.24. The van der Waals surface area contributed by atoms with Crippen LogP contribution in [0.2, 0.25) is 0 Å². The molecule has 0 unspecified atom stereocenters. The molecule has 1 heterocycles. The average molecular weight is 488 g/mol. The molecular weight excluding hydrogens is 464 g/mol. The van der Waals surface area contributed by atoms with Gasteiger partial charge in [0.2, 0.25) is 11.2 Å². The number of fused-ring (bicyclic) bond motifs is 1. The molecular formula is C28H24O8. The topological polar surface area (TPSA) is 101 Å². The Balaban J connectivity index is 1.37. The quantitative estimate of drug-likeness (QED) is 0.278. The van der Waals surface area contributed by atoms with Gasteiger partial charge in [0.05, 0.1) is 17.6 Å². The van der Waals surface area contributed by atoms with Gasteiger partial charge in [-0.05, 0) is 48.4 Å². The van der Waals surface area contributed by atoms with Crippen LogP contribution in [0.5, 0.6) is 17.2 Å². The molecule has 184 valence electrons. The SMILES string of the molecule is CCCOC(=O)c1ccc(Oc2coc3cc(OCC(=O)OCc4ccccc4)ccc3c2=O)cc1. The van der Waals surface area contributed by atoms with Crippen molar-refractivity contribution in [2.75, 3.05) is 13.2 Å². The van der Waals surface area contributed by atoms with Gasteiger partial charge in [0.1, 0.15) is 30.0 Å². The molecule has 36 heavy (non-hydrogen) atoms. The Morgan fingerprint density at radius 2 is 1.64 bits per heavy atom. The Morgan fingerprint density at radius 1 is 0.889 bits per heavy atom. The lowest BCUT2D eigenvalue weighted by atomic mass is 10.2. The summed E-state index contributed by atoms with van der Waals surface area (Å²) < 4.78 is 27.0. The van der Waals surface area contributed by atoms with E-state index in [0.717, 1.165) is 12.0 Å². The summed E-state index contributed by atoms with van der Waals surface area (Å²) in [6, 6.07) is 20.2. The van der Waals surface area contributed by atoms with E-state index in [1.807, 2.05) is 37.3 Å². The number of benzene rings is 3. The normalized spacial score (nSPS) is 10.6. The maximum absolute atomic E-state index is 12.8. The van der Waals surface area contributed by atoms with Crippen molar-refractivity contribution in [2.45, 2.75) is 20.0 Å². The van der Waals surface area contributed by atoms with Crippen molar-refractivity contribution >= 4 is 22.9 Å². The van der Waals surface area contributed by atoms with E-state index in [-0.39, 0.29) is 35.4 Å². The van der Waals surface area contributed by atoms with Crippen LogP contribution in [0, 0.1) is 0 Å². The Hall–Kier alpha value is -4.59. The van der Waals surface area contributed by atoms with Crippen molar-refractivity contribution in [1.82, 2.24) is 0 Å². The summed E-state index contributed by atoms with van der Waals surface area (Å²) in [5.41, 5.74) is 1.16. The molecule has 0 radical (unpaired) electrons. The van der Waals surface area contributed by atoms with Crippen molar-refractivity contribution in [3.8, 4) is 17.2 Å². The molecule has 3 aromatic carbocycles. The second-order valence-electron chi connectivity index (χ2n) is 7.78. The summed E-state index contributed by atoms with van der Waals surface area (Å²) in [5, 5.41) is 0.284. The highest BCUT2D eigenvalue weighted by molar-refractivity contribution is 5.89. The van der Waals surface area contributed by atoms with E-state index in [0.29, 0.717) is 23.7 Å². The van der Waals surface area contributed by atoms with Crippen LogP contribution in [0.15, 0.2) is 88.3 Å². The molecule has 8 heteroatoms. The third-order valence-corrected chi connectivity index (χ3v) is 5.07. The summed E-state index contributed by atoms with van der Waals surface area (Å²) in [6.45, 7) is 2.13. The first kappa shape index (κ1) is 24.5. The molecule has 0 saturated carbocycles. The first-order chi connectivity index (χ1) is 17.5. The van der Waals surface area contributed by atoms with E-state index in [9.17, 15) is 14.4 Å². The molecule has 0 aliphatic carbocycles. The molecule has 0 bridgehead atoms. The Morgan fingerprint density at radius 3 is 2.39 bits per heavy atom. The van der Waals surface area contributed by atoms with Crippen molar-refractivity contribution in [3.63, 3.8) is 0 Å². The van der Waals surface area contributed by atoms with E-state index in [4.69, 9.17) is 23.4 Å². The van der Waals surface area contributed by atoms with Gasteiger partial charge >= 0.3 is 11.9 Å². The zero-order valence-electron chi connectivity index (χ0n) is 19.6. The van der Waals surface area contributed by atoms with Crippen molar-refractivity contribution in [1.29, 1.82) is 0 Å². The zero-order valence-corrected chi connectivity index (χ0v) is 19.6. The minimum atomic E-state index is -0.520. The summed E-state index contributed by atoms with van der Waals surface area (Å²) in [6.07, 6.45) is 1.94. The van der Waals surface area contributed by atoms with Crippen LogP contribution in [0.3, 0.4) is 0 Å². The molecule has 0 N–H and O–H groups in total. The minimum absolute atomic E-state index is 0.0121. The second kappa shape index (κ2) is 11.7. The number of esters is 2. The molecule has 0 amide bonds. The smallest absolute Gasteiger partial charge is 0.344 e. The first-order valence-electron chi connectivity index (χ1n) is 11.4. The number of hydrogen-bond acceptors (Lipinski definition) is 8. The van der Waals surface area contributed by atoms with Crippen LogP contribution >= 0.6 is 0 Å². The number of rotatable bonds is 10. The molecule has 0 spiro atoms. The fourth-order valence-corrected chi connectivity index (χ4v) is 3.24. The molecule has 0 fully saturated rings. The summed E-state index contributed by atoms with van der Waals surface area (Å²) >= 11 is 0. The van der Waals surface area contributed by atoms with Gasteiger partial charge in [-0.2, -0.15) is 0 Å². The molecule has 0 saturated heterocycles. The molecule has 1 aromatic heterocycles. The lowest BCUT2D eigenvalue weighted by Gasteiger charge is -2.09. The number of ether oxygens (including phenoxy) is 4. The highest BCUT2D eigenvalue weighted by Gasteiger charge is 2.13. The fourth-order valence-electron chi connectivity index (χ4n) is 3.24. The molecule has 0 aliphatic heterocycles. The lowest BCUT2D eigenvalue weighted by molar-refractivity contribution is -0.147. The first-order valence-corrected chi connectivity index (χ1v) is 11.4.